The second kappa shape index (κ2) is 11.5. The third-order valence-electron chi connectivity index (χ3n) is 7.50. The van der Waals surface area contributed by atoms with Gasteiger partial charge in [0.25, 0.3) is 0 Å². The van der Waals surface area contributed by atoms with Crippen LogP contribution in [0.2, 0.25) is 0 Å². The van der Waals surface area contributed by atoms with Gasteiger partial charge in [-0.2, -0.15) is 0 Å². The van der Waals surface area contributed by atoms with Gasteiger partial charge in [0.15, 0.2) is 0 Å². The number of aryl methyl sites for hydroxylation is 1. The highest BCUT2D eigenvalue weighted by Gasteiger charge is 2.45. The lowest BCUT2D eigenvalue weighted by atomic mass is 9.69. The van der Waals surface area contributed by atoms with E-state index in [1.807, 2.05) is 12.2 Å². The standard InChI is InChI=1S/C33H42/c1-7-10-14-17-30-29(20-18-26(5)24-25(4)8-2)32-28(9-3)27(6)19-21-31(32)33(30)22-15-12-11-13-16-23-33/h7-8,10,14,17-21,24H,1-2,9,11-13,15-16,22-23H2,3-6H3/b14-10+,25-24+,26-18+,29-20+,30-17-. The molecule has 1 saturated carbocycles. The maximum Gasteiger partial charge on any atom is 0.0215 e. The fourth-order valence-corrected chi connectivity index (χ4v) is 5.83. The number of hydrogen-bond acceptors (Lipinski definition) is 0. The van der Waals surface area contributed by atoms with Gasteiger partial charge in [0.2, 0.25) is 0 Å². The first kappa shape index (κ1) is 25.0. The van der Waals surface area contributed by atoms with E-state index in [1.165, 1.54) is 83.9 Å². The van der Waals surface area contributed by atoms with Crippen molar-refractivity contribution in [3.8, 4) is 0 Å². The second-order valence-electron chi connectivity index (χ2n) is 9.77. The van der Waals surface area contributed by atoms with Gasteiger partial charge in [-0.1, -0.05) is 124 Å². The van der Waals surface area contributed by atoms with Gasteiger partial charge in [-0.05, 0) is 73.4 Å². The largest absolute Gasteiger partial charge is 0.0991 e. The van der Waals surface area contributed by atoms with Gasteiger partial charge in [0.05, 0.1) is 0 Å². The number of benzene rings is 1. The Balaban J connectivity index is 2.31. The molecule has 0 heteroatoms. The molecule has 1 aromatic carbocycles. The summed E-state index contributed by atoms with van der Waals surface area (Å²) in [6.45, 7) is 16.7. The van der Waals surface area contributed by atoms with Crippen LogP contribution in [0.15, 0.2) is 90.6 Å². The monoisotopic (exact) mass is 438 g/mol. The van der Waals surface area contributed by atoms with Crippen molar-refractivity contribution in [1.82, 2.24) is 0 Å². The molecular weight excluding hydrogens is 396 g/mol. The van der Waals surface area contributed by atoms with Crippen LogP contribution in [0.3, 0.4) is 0 Å². The van der Waals surface area contributed by atoms with Crippen molar-refractivity contribution in [2.75, 3.05) is 0 Å². The first-order chi connectivity index (χ1) is 16.0. The van der Waals surface area contributed by atoms with Crippen LogP contribution in [0.25, 0.3) is 5.57 Å². The average molecular weight is 439 g/mol. The molecule has 0 aromatic heterocycles. The minimum absolute atomic E-state index is 0.124. The molecule has 0 saturated heterocycles. The highest BCUT2D eigenvalue weighted by Crippen LogP contribution is 2.57. The fraction of sp³-hybridized carbons (Fsp3) is 0.394. The van der Waals surface area contributed by atoms with Gasteiger partial charge < -0.3 is 0 Å². The maximum atomic E-state index is 3.91. The highest BCUT2D eigenvalue weighted by atomic mass is 14.5. The van der Waals surface area contributed by atoms with Gasteiger partial charge in [0, 0.05) is 5.41 Å². The van der Waals surface area contributed by atoms with Gasteiger partial charge in [-0.15, -0.1) is 0 Å². The summed E-state index contributed by atoms with van der Waals surface area (Å²) in [7, 11) is 0. The van der Waals surface area contributed by atoms with E-state index in [2.05, 4.69) is 89.4 Å². The highest BCUT2D eigenvalue weighted by molar-refractivity contribution is 5.93. The molecule has 0 bridgehead atoms. The zero-order valence-electron chi connectivity index (χ0n) is 21.3. The SMILES string of the molecule is C=C/C=C/C=C1/C(=C\C=C(C)\C=C(/C)C=C)c2c(ccc(C)c2CC)C12CCCCCCC2. The minimum atomic E-state index is 0.124. The lowest BCUT2D eigenvalue weighted by Gasteiger charge is -2.34. The Labute approximate surface area is 202 Å². The van der Waals surface area contributed by atoms with Crippen LogP contribution < -0.4 is 0 Å². The van der Waals surface area contributed by atoms with Gasteiger partial charge in [-0.25, -0.2) is 0 Å². The lowest BCUT2D eigenvalue weighted by molar-refractivity contribution is 0.373. The summed E-state index contributed by atoms with van der Waals surface area (Å²) in [4.78, 5) is 0. The first-order valence-corrected chi connectivity index (χ1v) is 12.8. The van der Waals surface area contributed by atoms with Crippen molar-refractivity contribution < 1.29 is 0 Å². The summed E-state index contributed by atoms with van der Waals surface area (Å²) in [5.41, 5.74) is 11.5. The zero-order valence-corrected chi connectivity index (χ0v) is 21.3. The maximum absolute atomic E-state index is 3.91. The van der Waals surface area contributed by atoms with Crippen molar-refractivity contribution in [2.45, 2.75) is 84.5 Å². The Morgan fingerprint density at radius 1 is 0.939 bits per heavy atom. The third-order valence-corrected chi connectivity index (χ3v) is 7.50. The molecule has 0 aliphatic heterocycles. The van der Waals surface area contributed by atoms with E-state index < -0.39 is 0 Å². The number of allylic oxidation sites excluding steroid dienone is 12. The molecule has 33 heavy (non-hydrogen) atoms. The van der Waals surface area contributed by atoms with Crippen molar-refractivity contribution in [2.24, 2.45) is 0 Å². The lowest BCUT2D eigenvalue weighted by Crippen LogP contribution is -2.26. The van der Waals surface area contributed by atoms with E-state index in [-0.39, 0.29) is 5.41 Å². The zero-order chi connectivity index (χ0) is 23.8. The topological polar surface area (TPSA) is 0 Å². The Hall–Kier alpha value is -2.60. The summed E-state index contributed by atoms with van der Waals surface area (Å²) >= 11 is 0. The van der Waals surface area contributed by atoms with Crippen LogP contribution in [0, 0.1) is 6.92 Å². The van der Waals surface area contributed by atoms with Crippen molar-refractivity contribution in [3.63, 3.8) is 0 Å². The average Bonchev–Trinajstić information content (AvgIpc) is 3.04. The number of rotatable bonds is 6. The van der Waals surface area contributed by atoms with E-state index in [0.717, 1.165) is 6.42 Å². The molecule has 3 rings (SSSR count). The van der Waals surface area contributed by atoms with E-state index in [4.69, 9.17) is 0 Å². The van der Waals surface area contributed by atoms with Crippen molar-refractivity contribution in [1.29, 1.82) is 0 Å². The quantitative estimate of drug-likeness (QED) is 0.388. The molecule has 1 fully saturated rings. The molecule has 174 valence electrons. The van der Waals surface area contributed by atoms with E-state index in [1.54, 1.807) is 5.56 Å². The Bertz CT molecular complexity index is 1020. The van der Waals surface area contributed by atoms with Crippen molar-refractivity contribution >= 4 is 5.57 Å². The van der Waals surface area contributed by atoms with Gasteiger partial charge in [-0.3, -0.25) is 0 Å². The molecule has 1 aromatic rings. The normalized spacial score (nSPS) is 21.5. The van der Waals surface area contributed by atoms with Crippen LogP contribution in [-0.4, -0.2) is 0 Å². The smallest absolute Gasteiger partial charge is 0.0215 e. The Kier molecular flexibility index (Phi) is 8.73. The molecule has 1 spiro atoms. The molecule has 0 radical (unpaired) electrons. The molecule has 2 aliphatic carbocycles. The number of fused-ring (bicyclic) bond motifs is 2. The van der Waals surface area contributed by atoms with Crippen LogP contribution >= 0.6 is 0 Å². The summed E-state index contributed by atoms with van der Waals surface area (Å²) in [6.07, 6.45) is 27.6. The molecular formula is C33H42. The molecule has 0 nitrogen and oxygen atoms in total. The van der Waals surface area contributed by atoms with Crippen LogP contribution in [0.5, 0.6) is 0 Å². The van der Waals surface area contributed by atoms with E-state index >= 15 is 0 Å². The predicted molar refractivity (Wildman–Crippen MR) is 148 cm³/mol. The molecule has 0 N–H and O–H groups in total. The summed E-state index contributed by atoms with van der Waals surface area (Å²) in [6, 6.07) is 4.82. The van der Waals surface area contributed by atoms with E-state index in [9.17, 15) is 0 Å². The predicted octanol–water partition coefficient (Wildman–Crippen LogP) is 9.68. The third kappa shape index (κ3) is 5.32. The molecule has 0 heterocycles. The minimum Gasteiger partial charge on any atom is -0.0991 e. The molecule has 0 amide bonds. The molecule has 2 aliphatic rings. The molecule has 0 unspecified atom stereocenters. The summed E-state index contributed by atoms with van der Waals surface area (Å²) < 4.78 is 0. The van der Waals surface area contributed by atoms with Gasteiger partial charge >= 0.3 is 0 Å². The van der Waals surface area contributed by atoms with Crippen molar-refractivity contribution in [3.05, 3.63) is 113 Å². The Morgan fingerprint density at radius 3 is 2.27 bits per heavy atom. The fourth-order valence-electron chi connectivity index (χ4n) is 5.83. The summed E-state index contributed by atoms with van der Waals surface area (Å²) in [5, 5.41) is 0. The number of hydrogen-bond donors (Lipinski definition) is 0. The molecule has 0 atom stereocenters. The van der Waals surface area contributed by atoms with Crippen LogP contribution in [-0.2, 0) is 11.8 Å². The first-order valence-electron chi connectivity index (χ1n) is 12.8. The Morgan fingerprint density at radius 2 is 1.64 bits per heavy atom. The summed E-state index contributed by atoms with van der Waals surface area (Å²) in [5.74, 6) is 0. The van der Waals surface area contributed by atoms with Crippen LogP contribution in [0.4, 0.5) is 0 Å². The van der Waals surface area contributed by atoms with Crippen LogP contribution in [0.1, 0.15) is 88.0 Å². The van der Waals surface area contributed by atoms with Gasteiger partial charge in [0.1, 0.15) is 0 Å². The van der Waals surface area contributed by atoms with E-state index in [0.29, 0.717) is 0 Å². The second-order valence-corrected chi connectivity index (χ2v) is 9.77.